The molecule has 4 aromatic carbocycles. The van der Waals surface area contributed by atoms with E-state index in [2.05, 4.69) is 27.8 Å². The van der Waals surface area contributed by atoms with Crippen LogP contribution in [0.1, 0.15) is 51.4 Å². The fraction of sp³-hybridized carbons (Fsp3) is 0.278. The zero-order valence-corrected chi connectivity index (χ0v) is 26.2. The van der Waals surface area contributed by atoms with Gasteiger partial charge in [0.2, 0.25) is 15.9 Å². The smallest absolute Gasteiger partial charge is 0.239 e. The molecule has 0 bridgehead atoms. The van der Waals surface area contributed by atoms with Crippen LogP contribution in [-0.2, 0) is 27.0 Å². The predicted octanol–water partition coefficient (Wildman–Crippen LogP) is 5.77. The van der Waals surface area contributed by atoms with E-state index < -0.39 is 16.1 Å². The van der Waals surface area contributed by atoms with Crippen molar-refractivity contribution in [1.82, 2.24) is 10.6 Å². The van der Waals surface area contributed by atoms with Gasteiger partial charge in [0.15, 0.2) is 0 Å². The number of carbonyl (C=O) groups excluding carboxylic acids is 1. The lowest BCUT2D eigenvalue weighted by atomic mass is 9.88. The topological polar surface area (TPSA) is 90.9 Å². The zero-order chi connectivity index (χ0) is 30.8. The lowest BCUT2D eigenvalue weighted by molar-refractivity contribution is -0.121. The number of anilines is 1. The van der Waals surface area contributed by atoms with Crippen molar-refractivity contribution in [1.29, 1.82) is 0 Å². The number of benzene rings is 4. The van der Waals surface area contributed by atoms with Gasteiger partial charge in [-0.25, -0.2) is 8.42 Å². The summed E-state index contributed by atoms with van der Waals surface area (Å²) in [5.41, 5.74) is 9.22. The summed E-state index contributed by atoms with van der Waals surface area (Å²) in [5, 5.41) is 6.34. The van der Waals surface area contributed by atoms with Crippen molar-refractivity contribution in [2.75, 3.05) is 23.9 Å². The molecule has 1 amide bonds. The highest BCUT2D eigenvalue weighted by molar-refractivity contribution is 7.92. The van der Waals surface area contributed by atoms with Crippen LogP contribution >= 0.6 is 0 Å². The maximum absolute atomic E-state index is 14.4. The summed E-state index contributed by atoms with van der Waals surface area (Å²) >= 11 is 0. The van der Waals surface area contributed by atoms with Gasteiger partial charge in [-0.05, 0) is 66.6 Å². The lowest BCUT2D eigenvalue weighted by Crippen LogP contribution is -2.41. The number of sulfonamides is 1. The van der Waals surface area contributed by atoms with Gasteiger partial charge in [-0.1, -0.05) is 84.4 Å². The van der Waals surface area contributed by atoms with Crippen LogP contribution in [0.3, 0.4) is 0 Å². The van der Waals surface area contributed by atoms with Gasteiger partial charge in [0, 0.05) is 24.2 Å². The first-order valence-electron chi connectivity index (χ1n) is 15.1. The molecular formula is C36H38N4O3S. The maximum Gasteiger partial charge on any atom is 0.239 e. The van der Waals surface area contributed by atoms with E-state index in [1.807, 2.05) is 93.6 Å². The minimum atomic E-state index is -3.88. The summed E-state index contributed by atoms with van der Waals surface area (Å²) < 4.78 is 30.3. The van der Waals surface area contributed by atoms with E-state index in [-0.39, 0.29) is 18.1 Å². The second-order valence-electron chi connectivity index (χ2n) is 11.7. The number of nitrogens with zero attached hydrogens (tertiary/aromatic N) is 2. The van der Waals surface area contributed by atoms with E-state index in [0.717, 1.165) is 69.0 Å². The largest absolute Gasteiger partial charge is 0.368 e. The SMILES string of the molecule is Cc1cc(C)c(CS(=O)(=O)N2c3ccccc3-c3ccccc3C2CC(=O)NCCc2ccc(C3=NCCN3)cc2)c(C)c1. The van der Waals surface area contributed by atoms with Crippen LogP contribution < -0.4 is 14.9 Å². The average Bonchev–Trinajstić information content (AvgIpc) is 3.55. The van der Waals surface area contributed by atoms with Crippen LogP contribution in [0, 0.1) is 20.8 Å². The third-order valence-electron chi connectivity index (χ3n) is 8.52. The molecule has 8 heteroatoms. The third-order valence-corrected chi connectivity index (χ3v) is 10.2. The molecule has 0 spiro atoms. The predicted molar refractivity (Wildman–Crippen MR) is 178 cm³/mol. The molecule has 1 unspecified atom stereocenters. The minimum Gasteiger partial charge on any atom is -0.368 e. The second kappa shape index (κ2) is 12.3. The van der Waals surface area contributed by atoms with Gasteiger partial charge < -0.3 is 10.6 Å². The summed E-state index contributed by atoms with van der Waals surface area (Å²) in [6.07, 6.45) is 0.685. The van der Waals surface area contributed by atoms with Crippen molar-refractivity contribution in [3.63, 3.8) is 0 Å². The van der Waals surface area contributed by atoms with Gasteiger partial charge in [0.25, 0.3) is 0 Å². The van der Waals surface area contributed by atoms with Crippen molar-refractivity contribution in [3.8, 4) is 11.1 Å². The molecule has 1 atom stereocenters. The Balaban J connectivity index is 1.25. The molecule has 4 aromatic rings. The normalized spacial score (nSPS) is 15.7. The number of nitrogens with one attached hydrogen (secondary N) is 2. The maximum atomic E-state index is 14.4. The Morgan fingerprint density at radius 1 is 0.932 bits per heavy atom. The molecule has 6 rings (SSSR count). The number of aliphatic imine (C=N–C) groups is 1. The molecule has 7 nitrogen and oxygen atoms in total. The number of fused-ring (bicyclic) bond motifs is 3. The molecule has 0 aliphatic carbocycles. The number of rotatable bonds is 9. The fourth-order valence-corrected chi connectivity index (χ4v) is 8.46. The molecule has 2 aliphatic rings. The number of hydrogen-bond acceptors (Lipinski definition) is 5. The van der Waals surface area contributed by atoms with Crippen LogP contribution in [0.15, 0.2) is 89.9 Å². The Labute approximate surface area is 260 Å². The number of carbonyl (C=O) groups is 1. The van der Waals surface area contributed by atoms with Crippen molar-refractivity contribution < 1.29 is 13.2 Å². The highest BCUT2D eigenvalue weighted by atomic mass is 32.2. The van der Waals surface area contributed by atoms with E-state index >= 15 is 0 Å². The fourth-order valence-electron chi connectivity index (χ4n) is 6.46. The van der Waals surface area contributed by atoms with Crippen LogP contribution in [0.5, 0.6) is 0 Å². The van der Waals surface area contributed by atoms with E-state index in [4.69, 9.17) is 0 Å². The summed E-state index contributed by atoms with van der Waals surface area (Å²) in [6, 6.07) is 27.0. The van der Waals surface area contributed by atoms with Gasteiger partial charge in [0.05, 0.1) is 30.4 Å². The Bertz CT molecular complexity index is 1820. The molecule has 2 heterocycles. The lowest BCUT2D eigenvalue weighted by Gasteiger charge is -2.39. The van der Waals surface area contributed by atoms with Crippen molar-refractivity contribution in [2.45, 2.75) is 45.4 Å². The van der Waals surface area contributed by atoms with Crippen molar-refractivity contribution in [3.05, 3.63) is 124 Å². The van der Waals surface area contributed by atoms with Gasteiger partial charge in [-0.15, -0.1) is 0 Å². The molecule has 2 aliphatic heterocycles. The number of amides is 1. The average molecular weight is 607 g/mol. The summed E-state index contributed by atoms with van der Waals surface area (Å²) in [7, 11) is -3.88. The van der Waals surface area contributed by atoms with E-state index in [9.17, 15) is 13.2 Å². The molecular weight excluding hydrogens is 568 g/mol. The van der Waals surface area contributed by atoms with Gasteiger partial charge >= 0.3 is 0 Å². The number of hydrogen-bond donors (Lipinski definition) is 2. The Kier molecular flexibility index (Phi) is 8.27. The third kappa shape index (κ3) is 5.99. The standard InChI is InChI=1S/C36H38N4O3S/c1-24-20-25(2)32(26(3)21-24)23-44(42,43)40-33-11-7-6-9-30(33)29-8-4-5-10-31(29)34(40)22-35(41)37-17-16-27-12-14-28(15-13-27)36-38-18-19-39-36/h4-15,20-21,34H,16-19,22-23H2,1-3H3,(H,37,41)(H,38,39). The van der Waals surface area contributed by atoms with E-state index in [1.54, 1.807) is 0 Å². The Hall–Kier alpha value is -4.43. The Morgan fingerprint density at radius 3 is 2.32 bits per heavy atom. The van der Waals surface area contributed by atoms with Crippen molar-refractivity contribution in [2.24, 2.45) is 4.99 Å². The molecule has 0 radical (unpaired) electrons. The summed E-state index contributed by atoms with van der Waals surface area (Å²) in [4.78, 5) is 17.9. The first-order chi connectivity index (χ1) is 21.2. The summed E-state index contributed by atoms with van der Waals surface area (Å²) in [5.74, 6) is 0.594. The van der Waals surface area contributed by atoms with Crippen LogP contribution in [-0.4, -0.2) is 39.8 Å². The molecule has 44 heavy (non-hydrogen) atoms. The van der Waals surface area contributed by atoms with Crippen LogP contribution in [0.4, 0.5) is 5.69 Å². The molecule has 0 saturated heterocycles. The molecule has 226 valence electrons. The number of aryl methyl sites for hydroxylation is 3. The number of amidine groups is 1. The van der Waals surface area contributed by atoms with Gasteiger partial charge in [-0.3, -0.25) is 14.1 Å². The van der Waals surface area contributed by atoms with Crippen molar-refractivity contribution >= 4 is 27.5 Å². The molecule has 2 N–H and O–H groups in total. The Morgan fingerprint density at radius 2 is 1.61 bits per heavy atom. The molecule has 0 aromatic heterocycles. The highest BCUT2D eigenvalue weighted by Gasteiger charge is 2.39. The summed E-state index contributed by atoms with van der Waals surface area (Å²) in [6.45, 7) is 8.05. The minimum absolute atomic E-state index is 0.0148. The van der Waals surface area contributed by atoms with Gasteiger partial charge in [-0.2, -0.15) is 0 Å². The molecule has 0 saturated carbocycles. The number of para-hydroxylation sites is 1. The molecule has 0 fully saturated rings. The van der Waals surface area contributed by atoms with Crippen LogP contribution in [0.2, 0.25) is 0 Å². The van der Waals surface area contributed by atoms with Gasteiger partial charge in [0.1, 0.15) is 5.84 Å². The second-order valence-corrected chi connectivity index (χ2v) is 13.6. The first kappa shape index (κ1) is 29.6. The van der Waals surface area contributed by atoms with E-state index in [1.165, 1.54) is 4.31 Å². The highest BCUT2D eigenvalue weighted by Crippen LogP contribution is 2.47. The quantitative estimate of drug-likeness (QED) is 0.253. The monoisotopic (exact) mass is 606 g/mol. The first-order valence-corrected chi connectivity index (χ1v) is 16.7. The zero-order valence-electron chi connectivity index (χ0n) is 25.4. The van der Waals surface area contributed by atoms with E-state index in [0.29, 0.717) is 18.7 Å². The van der Waals surface area contributed by atoms with Crippen LogP contribution in [0.25, 0.3) is 11.1 Å².